The smallest absolute Gasteiger partial charge is 0.342 e. The number of carbonyl (C=O) groups excluding carboxylic acids is 2. The number of esters is 1. The zero-order valence-corrected chi connectivity index (χ0v) is 15.7. The Labute approximate surface area is 164 Å². The fourth-order valence-corrected chi connectivity index (χ4v) is 2.92. The van der Waals surface area contributed by atoms with Gasteiger partial charge in [0.2, 0.25) is 0 Å². The number of amides is 1. The van der Waals surface area contributed by atoms with Crippen molar-refractivity contribution < 1.29 is 23.1 Å². The maximum absolute atomic E-state index is 14.2. The minimum absolute atomic E-state index is 0.00417. The van der Waals surface area contributed by atoms with E-state index in [0.29, 0.717) is 17.0 Å². The summed E-state index contributed by atoms with van der Waals surface area (Å²) >= 11 is 0. The molecular formula is C20H17FN4O4. The highest BCUT2D eigenvalue weighted by Crippen LogP contribution is 2.27. The summed E-state index contributed by atoms with van der Waals surface area (Å²) in [5.74, 6) is -1.25. The van der Waals surface area contributed by atoms with Gasteiger partial charge in [0, 0.05) is 12.4 Å². The fraction of sp³-hybridized carbons (Fsp3) is 0.200. The van der Waals surface area contributed by atoms with E-state index in [1.807, 2.05) is 0 Å². The maximum atomic E-state index is 14.2. The highest BCUT2D eigenvalue weighted by Gasteiger charge is 2.20. The Kier molecular flexibility index (Phi) is 4.71. The molecule has 4 rings (SSSR count). The van der Waals surface area contributed by atoms with E-state index in [4.69, 9.17) is 9.15 Å². The molecule has 0 fully saturated rings. The monoisotopic (exact) mass is 396 g/mol. The van der Waals surface area contributed by atoms with Crippen LogP contribution >= 0.6 is 0 Å². The van der Waals surface area contributed by atoms with Crippen LogP contribution in [0.3, 0.4) is 0 Å². The van der Waals surface area contributed by atoms with Crippen molar-refractivity contribution >= 4 is 28.5 Å². The number of benzene rings is 1. The predicted molar refractivity (Wildman–Crippen MR) is 101 cm³/mol. The van der Waals surface area contributed by atoms with Gasteiger partial charge in [0.05, 0.1) is 24.2 Å². The third kappa shape index (κ3) is 3.54. The van der Waals surface area contributed by atoms with Crippen LogP contribution in [0.2, 0.25) is 0 Å². The zero-order chi connectivity index (χ0) is 20.5. The summed E-state index contributed by atoms with van der Waals surface area (Å²) in [6.07, 6.45) is 4.33. The zero-order valence-electron chi connectivity index (χ0n) is 15.7. The quantitative estimate of drug-likeness (QED) is 0.521. The first-order valence-electron chi connectivity index (χ1n) is 8.92. The van der Waals surface area contributed by atoms with Crippen molar-refractivity contribution in [2.75, 3.05) is 0 Å². The number of hydrogen-bond acceptors (Lipinski definition) is 6. The molecular weight excluding hydrogens is 379 g/mol. The molecule has 1 N–H and O–H groups in total. The molecule has 0 saturated carbocycles. The summed E-state index contributed by atoms with van der Waals surface area (Å²) in [7, 11) is 0. The first-order valence-corrected chi connectivity index (χ1v) is 8.92. The van der Waals surface area contributed by atoms with Crippen LogP contribution in [0.25, 0.3) is 16.6 Å². The first kappa shape index (κ1) is 18.6. The normalized spacial score (nSPS) is 11.3. The van der Waals surface area contributed by atoms with Gasteiger partial charge in [-0.05, 0) is 38.1 Å². The van der Waals surface area contributed by atoms with Crippen molar-refractivity contribution in [3.8, 4) is 0 Å². The summed E-state index contributed by atoms with van der Waals surface area (Å²) in [6, 6.07) is 5.65. The van der Waals surface area contributed by atoms with Gasteiger partial charge < -0.3 is 14.5 Å². The van der Waals surface area contributed by atoms with E-state index in [9.17, 15) is 14.0 Å². The van der Waals surface area contributed by atoms with Crippen LogP contribution < -0.4 is 5.32 Å². The van der Waals surface area contributed by atoms with Crippen molar-refractivity contribution in [3.05, 3.63) is 65.6 Å². The Morgan fingerprint density at radius 2 is 2.14 bits per heavy atom. The van der Waals surface area contributed by atoms with Gasteiger partial charge in [0.25, 0.3) is 5.91 Å². The molecule has 0 aliphatic heterocycles. The average molecular weight is 396 g/mol. The summed E-state index contributed by atoms with van der Waals surface area (Å²) < 4.78 is 26.5. The summed E-state index contributed by atoms with van der Waals surface area (Å²) in [5, 5.41) is 6.90. The third-order valence-corrected chi connectivity index (χ3v) is 4.19. The highest BCUT2D eigenvalue weighted by molar-refractivity contribution is 6.02. The van der Waals surface area contributed by atoms with Gasteiger partial charge >= 0.3 is 5.97 Å². The summed E-state index contributed by atoms with van der Waals surface area (Å²) in [6.45, 7) is 3.43. The average Bonchev–Trinajstić information content (AvgIpc) is 3.30. The second kappa shape index (κ2) is 7.34. The molecule has 9 heteroatoms. The largest absolute Gasteiger partial charge is 0.459 e. The van der Waals surface area contributed by atoms with Gasteiger partial charge in [0.15, 0.2) is 11.2 Å². The first-order chi connectivity index (χ1) is 13.9. The Morgan fingerprint density at radius 1 is 1.31 bits per heavy atom. The molecule has 148 valence electrons. The number of ether oxygens (including phenoxy) is 1. The highest BCUT2D eigenvalue weighted by atomic mass is 19.1. The Balaban J connectivity index is 1.58. The Morgan fingerprint density at radius 3 is 2.93 bits per heavy atom. The van der Waals surface area contributed by atoms with Crippen LogP contribution in [0.4, 0.5) is 4.39 Å². The van der Waals surface area contributed by atoms with E-state index in [1.165, 1.54) is 28.9 Å². The van der Waals surface area contributed by atoms with Crippen LogP contribution in [0.5, 0.6) is 0 Å². The van der Waals surface area contributed by atoms with Crippen molar-refractivity contribution in [1.82, 2.24) is 19.9 Å². The molecule has 0 spiro atoms. The number of rotatable bonds is 5. The number of nitrogens with zero attached hydrogens (tertiary/aromatic N) is 3. The molecule has 4 aromatic rings. The second-order valence-electron chi connectivity index (χ2n) is 6.63. The minimum Gasteiger partial charge on any atom is -0.459 e. The number of carbonyl (C=O) groups is 2. The van der Waals surface area contributed by atoms with Crippen LogP contribution in [0, 0.1) is 5.82 Å². The molecule has 0 unspecified atom stereocenters. The van der Waals surface area contributed by atoms with Gasteiger partial charge in [-0.1, -0.05) is 0 Å². The molecule has 8 nitrogen and oxygen atoms in total. The Hall–Kier alpha value is -3.75. The SMILES string of the molecule is CC(C)OC(=O)c1ccc(F)c2cc(CNC(=O)c3cnn4cccnc34)oc12. The molecule has 1 amide bonds. The van der Waals surface area contributed by atoms with E-state index in [2.05, 4.69) is 15.4 Å². The lowest BCUT2D eigenvalue weighted by Gasteiger charge is -2.08. The molecule has 0 radical (unpaired) electrons. The van der Waals surface area contributed by atoms with Crippen molar-refractivity contribution in [1.29, 1.82) is 0 Å². The molecule has 1 aromatic carbocycles. The molecule has 0 aliphatic rings. The number of nitrogens with one attached hydrogen (secondary N) is 1. The summed E-state index contributed by atoms with van der Waals surface area (Å²) in [4.78, 5) is 28.9. The fourth-order valence-electron chi connectivity index (χ4n) is 2.92. The van der Waals surface area contributed by atoms with Crippen LogP contribution in [-0.2, 0) is 11.3 Å². The standard InChI is InChI=1S/C20H17FN4O4/c1-11(2)28-20(27)13-4-5-16(21)14-8-12(29-17(13)14)9-23-19(26)15-10-24-25-7-3-6-22-18(15)25/h3-8,10-11H,9H2,1-2H3,(H,23,26). The van der Waals surface area contributed by atoms with E-state index < -0.39 is 17.7 Å². The van der Waals surface area contributed by atoms with Crippen LogP contribution in [0.1, 0.15) is 40.3 Å². The van der Waals surface area contributed by atoms with E-state index in [0.717, 1.165) is 0 Å². The van der Waals surface area contributed by atoms with Crippen LogP contribution in [0.15, 0.2) is 47.3 Å². The van der Waals surface area contributed by atoms with E-state index >= 15 is 0 Å². The Bertz CT molecular complexity index is 1230. The predicted octanol–water partition coefficient (Wildman–Crippen LogP) is 3.11. The lowest BCUT2D eigenvalue weighted by molar-refractivity contribution is 0.0378. The molecule has 29 heavy (non-hydrogen) atoms. The van der Waals surface area contributed by atoms with Gasteiger partial charge in [0.1, 0.15) is 22.7 Å². The van der Waals surface area contributed by atoms with Gasteiger partial charge in [-0.15, -0.1) is 0 Å². The summed E-state index contributed by atoms with van der Waals surface area (Å²) in [5.41, 5.74) is 0.922. The number of halogens is 1. The van der Waals surface area contributed by atoms with Crippen molar-refractivity contribution in [3.63, 3.8) is 0 Å². The van der Waals surface area contributed by atoms with Gasteiger partial charge in [-0.25, -0.2) is 18.7 Å². The van der Waals surface area contributed by atoms with Crippen molar-refractivity contribution in [2.45, 2.75) is 26.5 Å². The number of hydrogen-bond donors (Lipinski definition) is 1. The lowest BCUT2D eigenvalue weighted by Crippen LogP contribution is -2.22. The molecule has 0 aliphatic carbocycles. The molecule has 3 heterocycles. The minimum atomic E-state index is -0.604. The van der Waals surface area contributed by atoms with Gasteiger partial charge in [-0.3, -0.25) is 4.79 Å². The number of furan rings is 1. The van der Waals surface area contributed by atoms with Crippen molar-refractivity contribution in [2.24, 2.45) is 0 Å². The van der Waals surface area contributed by atoms with E-state index in [-0.39, 0.29) is 29.2 Å². The van der Waals surface area contributed by atoms with E-state index in [1.54, 1.807) is 32.3 Å². The second-order valence-corrected chi connectivity index (χ2v) is 6.63. The van der Waals surface area contributed by atoms with Crippen LogP contribution in [-0.4, -0.2) is 32.6 Å². The molecule has 3 aromatic heterocycles. The third-order valence-electron chi connectivity index (χ3n) is 4.19. The topological polar surface area (TPSA) is 98.7 Å². The molecule has 0 saturated heterocycles. The van der Waals surface area contributed by atoms with Gasteiger partial charge in [-0.2, -0.15) is 5.10 Å². The molecule has 0 bridgehead atoms. The molecule has 0 atom stereocenters. The maximum Gasteiger partial charge on any atom is 0.342 e. The number of fused-ring (bicyclic) bond motifs is 2. The lowest BCUT2D eigenvalue weighted by atomic mass is 10.1. The number of aromatic nitrogens is 3.